The Morgan fingerprint density at radius 3 is 2.64 bits per heavy atom. The molecule has 0 radical (unpaired) electrons. The molecule has 0 fully saturated rings. The van der Waals surface area contributed by atoms with Crippen molar-refractivity contribution in [2.75, 3.05) is 5.32 Å². The lowest BCUT2D eigenvalue weighted by Crippen LogP contribution is -2.28. The van der Waals surface area contributed by atoms with Crippen LogP contribution in [0.3, 0.4) is 0 Å². The van der Waals surface area contributed by atoms with Crippen LogP contribution in [0.15, 0.2) is 42.5 Å². The standard InChI is InChI=1S/C23H28FN3O/c1-4-9-15(5-2)22(17-10-7-8-11-19(17)24)23(28)25-16-12-13-21-18(14-16)20(6-3)26-27-21/h7-8,10-15,22H,4-6,9H2,1-3H3,(H,25,28)(H,26,27). The van der Waals surface area contributed by atoms with Crippen LogP contribution in [0.25, 0.3) is 10.9 Å². The van der Waals surface area contributed by atoms with Crippen LogP contribution in [0.1, 0.15) is 57.2 Å². The van der Waals surface area contributed by atoms with E-state index in [0.29, 0.717) is 11.3 Å². The zero-order valence-electron chi connectivity index (χ0n) is 16.8. The Bertz CT molecular complexity index is 950. The van der Waals surface area contributed by atoms with Crippen molar-refractivity contribution in [3.8, 4) is 0 Å². The van der Waals surface area contributed by atoms with Crippen LogP contribution in [-0.4, -0.2) is 16.1 Å². The van der Waals surface area contributed by atoms with E-state index in [9.17, 15) is 9.18 Å². The summed E-state index contributed by atoms with van der Waals surface area (Å²) >= 11 is 0. The number of halogens is 1. The minimum atomic E-state index is -0.517. The third-order valence-corrected chi connectivity index (χ3v) is 5.43. The van der Waals surface area contributed by atoms with Gasteiger partial charge in [-0.3, -0.25) is 9.89 Å². The number of aromatic amines is 1. The number of H-pyrrole nitrogens is 1. The van der Waals surface area contributed by atoms with E-state index >= 15 is 0 Å². The third-order valence-electron chi connectivity index (χ3n) is 5.43. The predicted molar refractivity (Wildman–Crippen MR) is 112 cm³/mol. The lowest BCUT2D eigenvalue weighted by molar-refractivity contribution is -0.118. The number of fused-ring (bicyclic) bond motifs is 1. The van der Waals surface area contributed by atoms with Crippen LogP contribution in [0.2, 0.25) is 0 Å². The summed E-state index contributed by atoms with van der Waals surface area (Å²) in [6.07, 6.45) is 3.49. The van der Waals surface area contributed by atoms with E-state index in [-0.39, 0.29) is 17.6 Å². The van der Waals surface area contributed by atoms with Crippen molar-refractivity contribution < 1.29 is 9.18 Å². The first-order chi connectivity index (χ1) is 13.6. The second kappa shape index (κ2) is 9.00. The van der Waals surface area contributed by atoms with Crippen LogP contribution in [0.4, 0.5) is 10.1 Å². The van der Waals surface area contributed by atoms with Crippen LogP contribution in [0, 0.1) is 11.7 Å². The van der Waals surface area contributed by atoms with Crippen molar-refractivity contribution in [1.29, 1.82) is 0 Å². The molecular weight excluding hydrogens is 353 g/mol. The largest absolute Gasteiger partial charge is 0.326 e. The number of rotatable bonds is 8. The molecule has 0 aliphatic carbocycles. The number of hydrogen-bond donors (Lipinski definition) is 2. The van der Waals surface area contributed by atoms with Gasteiger partial charge in [0.15, 0.2) is 0 Å². The van der Waals surface area contributed by atoms with E-state index in [1.54, 1.807) is 18.2 Å². The highest BCUT2D eigenvalue weighted by Crippen LogP contribution is 2.34. The van der Waals surface area contributed by atoms with Gasteiger partial charge in [-0.1, -0.05) is 51.8 Å². The van der Waals surface area contributed by atoms with Crippen LogP contribution in [0.5, 0.6) is 0 Å². The lowest BCUT2D eigenvalue weighted by Gasteiger charge is -2.26. The predicted octanol–water partition coefficient (Wildman–Crippen LogP) is 5.81. The first kappa shape index (κ1) is 20.1. The van der Waals surface area contributed by atoms with Gasteiger partial charge in [-0.2, -0.15) is 5.10 Å². The maximum atomic E-state index is 14.5. The van der Waals surface area contributed by atoms with Gasteiger partial charge in [0.05, 0.1) is 11.4 Å². The van der Waals surface area contributed by atoms with Crippen molar-refractivity contribution in [1.82, 2.24) is 10.2 Å². The van der Waals surface area contributed by atoms with Crippen molar-refractivity contribution in [3.05, 3.63) is 59.5 Å². The molecule has 3 rings (SSSR count). The number of carbonyl (C=O) groups excluding carboxylic acids is 1. The highest BCUT2D eigenvalue weighted by Gasteiger charge is 2.30. The topological polar surface area (TPSA) is 57.8 Å². The van der Waals surface area contributed by atoms with Gasteiger partial charge in [0.1, 0.15) is 5.82 Å². The maximum absolute atomic E-state index is 14.5. The summed E-state index contributed by atoms with van der Waals surface area (Å²) in [7, 11) is 0. The Balaban J connectivity index is 1.94. The molecule has 0 bridgehead atoms. The molecule has 4 nitrogen and oxygen atoms in total. The molecule has 1 aromatic heterocycles. The van der Waals surface area contributed by atoms with Gasteiger partial charge in [0, 0.05) is 22.3 Å². The molecule has 148 valence electrons. The smallest absolute Gasteiger partial charge is 0.232 e. The monoisotopic (exact) mass is 381 g/mol. The van der Waals surface area contributed by atoms with Gasteiger partial charge >= 0.3 is 0 Å². The average Bonchev–Trinajstić information content (AvgIpc) is 3.11. The second-order valence-electron chi connectivity index (χ2n) is 7.23. The lowest BCUT2D eigenvalue weighted by atomic mass is 9.80. The number of amides is 1. The first-order valence-corrected chi connectivity index (χ1v) is 10.1. The SMILES string of the molecule is CCCC(CC)C(C(=O)Nc1ccc2n[nH]c(CC)c2c1)c1ccccc1F. The van der Waals surface area contributed by atoms with Gasteiger partial charge in [-0.25, -0.2) is 4.39 Å². The molecule has 1 heterocycles. The number of hydrogen-bond acceptors (Lipinski definition) is 2. The highest BCUT2D eigenvalue weighted by molar-refractivity contribution is 5.98. The van der Waals surface area contributed by atoms with Gasteiger partial charge in [0.2, 0.25) is 5.91 Å². The summed E-state index contributed by atoms with van der Waals surface area (Å²) < 4.78 is 14.5. The third kappa shape index (κ3) is 4.08. The number of carbonyl (C=O) groups is 1. The fraction of sp³-hybridized carbons (Fsp3) is 0.391. The molecule has 0 spiro atoms. The number of anilines is 1. The van der Waals surface area contributed by atoms with Gasteiger partial charge in [-0.15, -0.1) is 0 Å². The van der Waals surface area contributed by atoms with Crippen molar-refractivity contribution in [2.24, 2.45) is 5.92 Å². The highest BCUT2D eigenvalue weighted by atomic mass is 19.1. The molecule has 5 heteroatoms. The normalized spacial score (nSPS) is 13.4. The summed E-state index contributed by atoms with van der Waals surface area (Å²) in [5, 5.41) is 11.3. The minimum absolute atomic E-state index is 0.0887. The number of nitrogens with one attached hydrogen (secondary N) is 2. The first-order valence-electron chi connectivity index (χ1n) is 10.1. The molecule has 2 aromatic carbocycles. The summed E-state index contributed by atoms with van der Waals surface area (Å²) in [5.74, 6) is -0.912. The van der Waals surface area contributed by atoms with E-state index in [1.165, 1.54) is 6.07 Å². The quantitative estimate of drug-likeness (QED) is 0.517. The number of aromatic nitrogens is 2. The molecule has 3 aromatic rings. The van der Waals surface area contributed by atoms with E-state index in [0.717, 1.165) is 42.3 Å². The van der Waals surface area contributed by atoms with E-state index in [4.69, 9.17) is 0 Å². The Kier molecular flexibility index (Phi) is 6.45. The fourth-order valence-electron chi connectivity index (χ4n) is 3.94. The molecule has 0 saturated heterocycles. The molecule has 28 heavy (non-hydrogen) atoms. The molecular formula is C23H28FN3O. The number of benzene rings is 2. The van der Waals surface area contributed by atoms with Crippen LogP contribution in [-0.2, 0) is 11.2 Å². The van der Waals surface area contributed by atoms with Gasteiger partial charge in [0.25, 0.3) is 0 Å². The molecule has 2 unspecified atom stereocenters. The van der Waals surface area contributed by atoms with Crippen molar-refractivity contribution in [3.63, 3.8) is 0 Å². The second-order valence-corrected chi connectivity index (χ2v) is 7.23. The van der Waals surface area contributed by atoms with E-state index in [1.807, 2.05) is 18.2 Å². The van der Waals surface area contributed by atoms with E-state index in [2.05, 4.69) is 36.3 Å². The Labute approximate surface area is 165 Å². The minimum Gasteiger partial charge on any atom is -0.326 e. The van der Waals surface area contributed by atoms with Crippen molar-refractivity contribution in [2.45, 2.75) is 52.4 Å². The molecule has 2 N–H and O–H groups in total. The number of nitrogens with zero attached hydrogens (tertiary/aromatic N) is 1. The van der Waals surface area contributed by atoms with Crippen LogP contribution >= 0.6 is 0 Å². The maximum Gasteiger partial charge on any atom is 0.232 e. The summed E-state index contributed by atoms with van der Waals surface area (Å²) in [6.45, 7) is 6.22. The summed E-state index contributed by atoms with van der Waals surface area (Å²) in [6, 6.07) is 12.3. The summed E-state index contributed by atoms with van der Waals surface area (Å²) in [4.78, 5) is 13.3. The van der Waals surface area contributed by atoms with Gasteiger partial charge in [-0.05, 0) is 43.0 Å². The number of aryl methyl sites for hydroxylation is 1. The molecule has 1 amide bonds. The molecule has 2 atom stereocenters. The average molecular weight is 381 g/mol. The van der Waals surface area contributed by atoms with Crippen molar-refractivity contribution >= 4 is 22.5 Å². The Morgan fingerprint density at radius 1 is 1.18 bits per heavy atom. The Morgan fingerprint density at radius 2 is 1.96 bits per heavy atom. The zero-order chi connectivity index (χ0) is 20.1. The fourth-order valence-corrected chi connectivity index (χ4v) is 3.94. The Hall–Kier alpha value is -2.69. The zero-order valence-corrected chi connectivity index (χ0v) is 16.8. The molecule has 0 aliphatic heterocycles. The van der Waals surface area contributed by atoms with Crippen LogP contribution < -0.4 is 5.32 Å². The van der Waals surface area contributed by atoms with Gasteiger partial charge < -0.3 is 5.32 Å². The summed E-state index contributed by atoms with van der Waals surface area (Å²) in [5.41, 5.74) is 3.09. The molecule has 0 aliphatic rings. The molecule has 0 saturated carbocycles. The van der Waals surface area contributed by atoms with E-state index < -0.39 is 5.92 Å².